The van der Waals surface area contributed by atoms with Gasteiger partial charge in [-0.1, -0.05) is 11.6 Å². The van der Waals surface area contributed by atoms with Crippen molar-refractivity contribution in [3.8, 4) is 5.69 Å². The molecule has 3 atom stereocenters. The van der Waals surface area contributed by atoms with Crippen LogP contribution in [0.5, 0.6) is 0 Å². The Morgan fingerprint density at radius 3 is 2.86 bits per heavy atom. The van der Waals surface area contributed by atoms with Crippen molar-refractivity contribution in [3.63, 3.8) is 0 Å². The fraction of sp³-hybridized carbons (Fsp3) is 0.500. The number of benzene rings is 1. The topological polar surface area (TPSA) is 68.3 Å². The van der Waals surface area contributed by atoms with E-state index in [4.69, 9.17) is 16.3 Å². The Kier molecular flexibility index (Phi) is 3.44. The van der Waals surface area contributed by atoms with E-state index < -0.39 is 5.60 Å². The number of hydrogen-bond donors (Lipinski definition) is 1. The third kappa shape index (κ3) is 2.43. The van der Waals surface area contributed by atoms with Crippen molar-refractivity contribution < 1.29 is 9.84 Å². The standard InChI is InChI=1S/C20H22ClN5O2/c1-20(27)13-8-24(10-19(20)28-11-13)18-5-17-12(4-16(18)21)6-23-26(17)15-7-22-25(9-15)14-2-3-14/h4-7,9,13-14,19,27H,2-3,8,10-11H2,1H3/t13-,19-,20-/m1/s1. The number of anilines is 1. The SMILES string of the molecule is C[C@@]1(O)[C@H]2CO[C@@H]1CN(c1cc3c(cnn3-c3cnn(C4CC4)c3)cc1Cl)C2. The number of fused-ring (bicyclic) bond motifs is 3. The average Bonchev–Trinajstić information content (AvgIpc) is 3.25. The molecule has 3 aromatic rings. The lowest BCUT2D eigenvalue weighted by molar-refractivity contribution is -0.0435. The number of nitrogens with zero attached hydrogens (tertiary/aromatic N) is 5. The van der Waals surface area contributed by atoms with Crippen molar-refractivity contribution in [2.75, 3.05) is 24.6 Å². The molecule has 4 heterocycles. The van der Waals surface area contributed by atoms with Crippen molar-refractivity contribution >= 4 is 28.2 Å². The highest BCUT2D eigenvalue weighted by Gasteiger charge is 2.51. The molecule has 1 N–H and O–H groups in total. The van der Waals surface area contributed by atoms with Gasteiger partial charge in [0.15, 0.2) is 0 Å². The Morgan fingerprint density at radius 1 is 1.21 bits per heavy atom. The first-order valence-electron chi connectivity index (χ1n) is 9.81. The molecule has 0 unspecified atom stereocenters. The fourth-order valence-corrected chi connectivity index (χ4v) is 4.80. The predicted molar refractivity (Wildman–Crippen MR) is 106 cm³/mol. The van der Waals surface area contributed by atoms with E-state index in [-0.39, 0.29) is 12.0 Å². The van der Waals surface area contributed by atoms with E-state index in [1.165, 1.54) is 12.8 Å². The third-order valence-corrected chi connectivity index (χ3v) is 6.84. The van der Waals surface area contributed by atoms with Gasteiger partial charge in [-0.3, -0.25) is 4.68 Å². The second kappa shape index (κ2) is 5.72. The lowest BCUT2D eigenvalue weighted by Crippen LogP contribution is -2.55. The Morgan fingerprint density at radius 2 is 2.07 bits per heavy atom. The van der Waals surface area contributed by atoms with Gasteiger partial charge in [-0.2, -0.15) is 10.2 Å². The summed E-state index contributed by atoms with van der Waals surface area (Å²) in [5.74, 6) is 0.0831. The van der Waals surface area contributed by atoms with E-state index in [1.807, 2.05) is 34.7 Å². The van der Waals surface area contributed by atoms with Gasteiger partial charge >= 0.3 is 0 Å². The van der Waals surface area contributed by atoms with Gasteiger partial charge < -0.3 is 14.7 Å². The average molecular weight is 400 g/mol. The maximum atomic E-state index is 10.7. The molecule has 3 fully saturated rings. The number of halogens is 1. The molecule has 146 valence electrons. The summed E-state index contributed by atoms with van der Waals surface area (Å²) in [4.78, 5) is 2.23. The van der Waals surface area contributed by atoms with Crippen LogP contribution >= 0.6 is 11.6 Å². The molecule has 6 rings (SSSR count). The van der Waals surface area contributed by atoms with Crippen molar-refractivity contribution in [1.82, 2.24) is 19.6 Å². The van der Waals surface area contributed by atoms with Crippen LogP contribution in [-0.4, -0.2) is 56.1 Å². The van der Waals surface area contributed by atoms with Gasteiger partial charge in [-0.25, -0.2) is 4.68 Å². The van der Waals surface area contributed by atoms with Crippen LogP contribution in [0.15, 0.2) is 30.7 Å². The molecule has 3 aliphatic rings. The molecule has 2 aromatic heterocycles. The minimum atomic E-state index is -0.772. The highest BCUT2D eigenvalue weighted by atomic mass is 35.5. The summed E-state index contributed by atoms with van der Waals surface area (Å²) in [6, 6.07) is 4.60. The molecule has 2 bridgehead atoms. The molecule has 7 nitrogen and oxygen atoms in total. The van der Waals surface area contributed by atoms with Crippen molar-refractivity contribution in [2.24, 2.45) is 5.92 Å². The maximum absolute atomic E-state index is 10.7. The summed E-state index contributed by atoms with van der Waals surface area (Å²) in [6.45, 7) is 3.82. The lowest BCUT2D eigenvalue weighted by atomic mass is 9.83. The quantitative estimate of drug-likeness (QED) is 0.733. The molecular weight excluding hydrogens is 378 g/mol. The summed E-state index contributed by atoms with van der Waals surface area (Å²) in [5.41, 5.74) is 2.15. The summed E-state index contributed by atoms with van der Waals surface area (Å²) in [6.07, 6.45) is 7.97. The Labute approximate surface area is 167 Å². The van der Waals surface area contributed by atoms with Gasteiger partial charge in [0, 0.05) is 24.4 Å². The number of rotatable bonds is 3. The highest BCUT2D eigenvalue weighted by Crippen LogP contribution is 2.41. The molecule has 2 saturated heterocycles. The largest absolute Gasteiger partial charge is 0.387 e. The zero-order chi connectivity index (χ0) is 19.0. The van der Waals surface area contributed by atoms with Gasteiger partial charge in [0.05, 0.1) is 53.1 Å². The number of ether oxygens (including phenoxy) is 1. The first kappa shape index (κ1) is 16.8. The molecule has 8 heteroatoms. The number of aromatic nitrogens is 4. The van der Waals surface area contributed by atoms with E-state index in [2.05, 4.69) is 27.4 Å². The summed E-state index contributed by atoms with van der Waals surface area (Å²) < 4.78 is 9.77. The Bertz CT molecular complexity index is 1050. The van der Waals surface area contributed by atoms with Crippen LogP contribution in [-0.2, 0) is 4.74 Å². The van der Waals surface area contributed by atoms with Crippen molar-refractivity contribution in [2.45, 2.75) is 37.5 Å². The van der Waals surface area contributed by atoms with Gasteiger partial charge in [-0.15, -0.1) is 0 Å². The highest BCUT2D eigenvalue weighted by molar-refractivity contribution is 6.34. The number of aliphatic hydroxyl groups is 1. The smallest absolute Gasteiger partial charge is 0.104 e. The molecule has 1 aromatic carbocycles. The van der Waals surface area contributed by atoms with Gasteiger partial charge in [0.2, 0.25) is 0 Å². The lowest BCUT2D eigenvalue weighted by Gasteiger charge is -2.41. The van der Waals surface area contributed by atoms with Gasteiger partial charge in [-0.05, 0) is 31.9 Å². The second-order valence-electron chi connectivity index (χ2n) is 8.48. The Hall–Kier alpha value is -2.09. The van der Waals surface area contributed by atoms with E-state index in [9.17, 15) is 5.11 Å². The van der Waals surface area contributed by atoms with Crippen molar-refractivity contribution in [1.29, 1.82) is 0 Å². The monoisotopic (exact) mass is 399 g/mol. The molecule has 0 amide bonds. The molecule has 0 radical (unpaired) electrons. The van der Waals surface area contributed by atoms with E-state index in [0.717, 1.165) is 28.8 Å². The van der Waals surface area contributed by atoms with Crippen molar-refractivity contribution in [3.05, 3.63) is 35.7 Å². The van der Waals surface area contributed by atoms with E-state index >= 15 is 0 Å². The van der Waals surface area contributed by atoms with E-state index in [0.29, 0.717) is 24.2 Å². The maximum Gasteiger partial charge on any atom is 0.104 e. The molecule has 1 saturated carbocycles. The third-order valence-electron chi connectivity index (χ3n) is 6.53. The van der Waals surface area contributed by atoms with Crippen LogP contribution in [0.25, 0.3) is 16.6 Å². The normalized spacial score (nSPS) is 29.8. The second-order valence-corrected chi connectivity index (χ2v) is 8.89. The summed E-state index contributed by atoms with van der Waals surface area (Å²) >= 11 is 6.63. The zero-order valence-corrected chi connectivity index (χ0v) is 16.4. The summed E-state index contributed by atoms with van der Waals surface area (Å²) in [5, 5.41) is 21.4. The van der Waals surface area contributed by atoms with Crippen LogP contribution in [0, 0.1) is 5.92 Å². The molecule has 1 aliphatic carbocycles. The van der Waals surface area contributed by atoms with Crippen LogP contribution in [0.4, 0.5) is 5.69 Å². The zero-order valence-electron chi connectivity index (χ0n) is 15.6. The minimum absolute atomic E-state index is 0.0831. The van der Waals surface area contributed by atoms with Crippen LogP contribution < -0.4 is 4.90 Å². The van der Waals surface area contributed by atoms with Crippen LogP contribution in [0.3, 0.4) is 0 Å². The number of hydrogen-bond acceptors (Lipinski definition) is 5. The minimum Gasteiger partial charge on any atom is -0.387 e. The van der Waals surface area contributed by atoms with Crippen LogP contribution in [0.1, 0.15) is 25.8 Å². The summed E-state index contributed by atoms with van der Waals surface area (Å²) in [7, 11) is 0. The van der Waals surface area contributed by atoms with Crippen LogP contribution in [0.2, 0.25) is 5.02 Å². The molecule has 2 aliphatic heterocycles. The predicted octanol–water partition coefficient (Wildman–Crippen LogP) is 2.80. The first-order valence-corrected chi connectivity index (χ1v) is 10.2. The number of piperidine rings is 1. The molecule has 28 heavy (non-hydrogen) atoms. The molecule has 0 spiro atoms. The Balaban J connectivity index is 1.39. The van der Waals surface area contributed by atoms with Gasteiger partial charge in [0.25, 0.3) is 0 Å². The fourth-order valence-electron chi connectivity index (χ4n) is 4.50. The first-order chi connectivity index (χ1) is 13.5. The van der Waals surface area contributed by atoms with E-state index in [1.54, 1.807) is 0 Å². The molecular formula is C20H22ClN5O2. The van der Waals surface area contributed by atoms with Gasteiger partial charge in [0.1, 0.15) is 11.8 Å².